The first-order valence-electron chi connectivity index (χ1n) is 6.79. The van der Waals surface area contributed by atoms with Crippen LogP contribution in [0.25, 0.3) is 0 Å². The lowest BCUT2D eigenvalue weighted by Crippen LogP contribution is -2.27. The summed E-state index contributed by atoms with van der Waals surface area (Å²) in [6, 6.07) is 12.3. The molecule has 1 atom stereocenters. The molecule has 2 rings (SSSR count). The summed E-state index contributed by atoms with van der Waals surface area (Å²) in [5, 5.41) is 10.9. The molecule has 1 unspecified atom stereocenters. The third-order valence-electron chi connectivity index (χ3n) is 3.66. The van der Waals surface area contributed by atoms with E-state index in [4.69, 9.17) is 4.74 Å². The Hall–Kier alpha value is -1.39. The highest BCUT2D eigenvalue weighted by atomic mass is 79.9. The van der Waals surface area contributed by atoms with Gasteiger partial charge in [0, 0.05) is 10.9 Å². The number of rotatable bonds is 5. The topological polar surface area (TPSA) is 29.5 Å². The van der Waals surface area contributed by atoms with Crippen LogP contribution in [0.1, 0.15) is 24.5 Å². The summed E-state index contributed by atoms with van der Waals surface area (Å²) in [6.45, 7) is 1.92. The van der Waals surface area contributed by atoms with Crippen LogP contribution in [0.4, 0.5) is 4.39 Å². The molecule has 0 aromatic heterocycles. The number of methoxy groups -OCH3 is 1. The maximum Gasteiger partial charge on any atom is 0.165 e. The molecule has 0 aliphatic rings. The van der Waals surface area contributed by atoms with E-state index in [2.05, 4.69) is 15.9 Å². The minimum absolute atomic E-state index is 0.209. The van der Waals surface area contributed by atoms with Gasteiger partial charge in [-0.3, -0.25) is 0 Å². The third kappa shape index (κ3) is 3.63. The van der Waals surface area contributed by atoms with Crippen molar-refractivity contribution in [3.63, 3.8) is 0 Å². The average Bonchev–Trinajstić information content (AvgIpc) is 2.47. The van der Waals surface area contributed by atoms with E-state index in [0.717, 1.165) is 15.6 Å². The van der Waals surface area contributed by atoms with Crippen LogP contribution in [0, 0.1) is 5.82 Å². The van der Waals surface area contributed by atoms with Crippen molar-refractivity contribution in [2.24, 2.45) is 0 Å². The number of benzene rings is 2. The highest BCUT2D eigenvalue weighted by Crippen LogP contribution is 2.31. The van der Waals surface area contributed by atoms with Crippen LogP contribution >= 0.6 is 15.9 Å². The zero-order valence-corrected chi connectivity index (χ0v) is 13.7. The van der Waals surface area contributed by atoms with Crippen molar-refractivity contribution >= 4 is 15.9 Å². The number of hydrogen-bond donors (Lipinski definition) is 1. The Balaban J connectivity index is 2.32. The molecule has 4 heteroatoms. The second kappa shape index (κ2) is 6.58. The Labute approximate surface area is 132 Å². The van der Waals surface area contributed by atoms with Gasteiger partial charge < -0.3 is 9.84 Å². The zero-order chi connectivity index (χ0) is 15.5. The fourth-order valence-electron chi connectivity index (χ4n) is 2.37. The van der Waals surface area contributed by atoms with Gasteiger partial charge in [-0.2, -0.15) is 0 Å². The molecule has 0 spiro atoms. The molecule has 112 valence electrons. The second-order valence-corrected chi connectivity index (χ2v) is 5.96. The van der Waals surface area contributed by atoms with Crippen molar-refractivity contribution in [2.75, 3.05) is 7.11 Å². The van der Waals surface area contributed by atoms with Crippen LogP contribution in [0.3, 0.4) is 0 Å². The van der Waals surface area contributed by atoms with Crippen LogP contribution in [0.5, 0.6) is 5.75 Å². The van der Waals surface area contributed by atoms with Crippen LogP contribution in [0.2, 0.25) is 0 Å². The Kier molecular flexibility index (Phi) is 5.01. The average molecular weight is 353 g/mol. The van der Waals surface area contributed by atoms with Gasteiger partial charge in [0.15, 0.2) is 11.6 Å². The lowest BCUT2D eigenvalue weighted by atomic mass is 9.85. The summed E-state index contributed by atoms with van der Waals surface area (Å²) in [6.07, 6.45) is 0.887. The first-order chi connectivity index (χ1) is 9.98. The Morgan fingerprint density at radius 2 is 2.00 bits per heavy atom. The summed E-state index contributed by atoms with van der Waals surface area (Å²) in [4.78, 5) is 0. The van der Waals surface area contributed by atoms with Crippen molar-refractivity contribution < 1.29 is 14.2 Å². The van der Waals surface area contributed by atoms with Crippen molar-refractivity contribution in [2.45, 2.75) is 25.4 Å². The van der Waals surface area contributed by atoms with E-state index in [1.54, 1.807) is 12.1 Å². The Morgan fingerprint density at radius 1 is 1.24 bits per heavy atom. The van der Waals surface area contributed by atoms with Crippen LogP contribution in [-0.2, 0) is 12.0 Å². The van der Waals surface area contributed by atoms with E-state index in [0.29, 0.717) is 12.8 Å². The second-order valence-electron chi connectivity index (χ2n) is 5.04. The van der Waals surface area contributed by atoms with Crippen molar-refractivity contribution in [1.29, 1.82) is 0 Å². The fraction of sp³-hybridized carbons (Fsp3) is 0.294. The van der Waals surface area contributed by atoms with E-state index in [-0.39, 0.29) is 5.75 Å². The SMILES string of the molecule is CCC(O)(Cc1ccc(OC)c(F)c1)c1cccc(Br)c1. The molecule has 0 saturated heterocycles. The van der Waals surface area contributed by atoms with Gasteiger partial charge >= 0.3 is 0 Å². The predicted molar refractivity (Wildman–Crippen MR) is 85.0 cm³/mol. The third-order valence-corrected chi connectivity index (χ3v) is 4.15. The minimum Gasteiger partial charge on any atom is -0.494 e. The van der Waals surface area contributed by atoms with Crippen LogP contribution < -0.4 is 4.74 Å². The van der Waals surface area contributed by atoms with E-state index in [9.17, 15) is 9.50 Å². The smallest absolute Gasteiger partial charge is 0.165 e. The van der Waals surface area contributed by atoms with Crippen molar-refractivity contribution in [1.82, 2.24) is 0 Å². The highest BCUT2D eigenvalue weighted by Gasteiger charge is 2.28. The first kappa shape index (κ1) is 16.0. The Morgan fingerprint density at radius 3 is 2.57 bits per heavy atom. The lowest BCUT2D eigenvalue weighted by molar-refractivity contribution is 0.0326. The molecule has 1 N–H and O–H groups in total. The quantitative estimate of drug-likeness (QED) is 0.861. The zero-order valence-electron chi connectivity index (χ0n) is 12.1. The molecule has 0 heterocycles. The van der Waals surface area contributed by atoms with Gasteiger partial charge in [0.05, 0.1) is 12.7 Å². The molecule has 0 aliphatic heterocycles. The summed E-state index contributed by atoms with van der Waals surface area (Å²) >= 11 is 3.41. The molecule has 0 radical (unpaired) electrons. The molecule has 2 nitrogen and oxygen atoms in total. The number of ether oxygens (including phenoxy) is 1. The molecule has 2 aromatic carbocycles. The number of halogens is 2. The van der Waals surface area contributed by atoms with Gasteiger partial charge in [-0.25, -0.2) is 4.39 Å². The molecular weight excluding hydrogens is 335 g/mol. The highest BCUT2D eigenvalue weighted by molar-refractivity contribution is 9.10. The van der Waals surface area contributed by atoms with E-state index in [1.807, 2.05) is 31.2 Å². The summed E-state index contributed by atoms with van der Waals surface area (Å²) in [5.74, 6) is -0.205. The molecular formula is C17H18BrFO2. The maximum atomic E-state index is 13.8. The number of aliphatic hydroxyl groups is 1. The van der Waals surface area contributed by atoms with Gasteiger partial charge in [-0.1, -0.05) is 41.1 Å². The van der Waals surface area contributed by atoms with Crippen LogP contribution in [-0.4, -0.2) is 12.2 Å². The largest absolute Gasteiger partial charge is 0.494 e. The van der Waals surface area contributed by atoms with E-state index < -0.39 is 11.4 Å². The van der Waals surface area contributed by atoms with Gasteiger partial charge in [-0.05, 0) is 41.8 Å². The first-order valence-corrected chi connectivity index (χ1v) is 7.58. The van der Waals surface area contributed by atoms with E-state index in [1.165, 1.54) is 13.2 Å². The lowest BCUT2D eigenvalue weighted by Gasteiger charge is -2.28. The van der Waals surface area contributed by atoms with Crippen molar-refractivity contribution in [3.8, 4) is 5.75 Å². The van der Waals surface area contributed by atoms with Crippen LogP contribution in [0.15, 0.2) is 46.9 Å². The molecule has 0 amide bonds. The Bertz CT molecular complexity index is 630. The van der Waals surface area contributed by atoms with Gasteiger partial charge in [0.1, 0.15) is 0 Å². The number of hydrogen-bond acceptors (Lipinski definition) is 2. The summed E-state index contributed by atoms with van der Waals surface area (Å²) in [5.41, 5.74) is 0.526. The van der Waals surface area contributed by atoms with Gasteiger partial charge in [-0.15, -0.1) is 0 Å². The minimum atomic E-state index is -1.02. The molecule has 0 bridgehead atoms. The maximum absolute atomic E-state index is 13.8. The molecule has 2 aromatic rings. The standard InChI is InChI=1S/C17H18BrFO2/c1-3-17(20,13-5-4-6-14(18)10-13)11-12-7-8-16(21-2)15(19)9-12/h4-10,20H,3,11H2,1-2H3. The molecule has 0 saturated carbocycles. The summed E-state index contributed by atoms with van der Waals surface area (Å²) < 4.78 is 19.6. The monoisotopic (exact) mass is 352 g/mol. The normalized spacial score (nSPS) is 13.8. The van der Waals surface area contributed by atoms with Gasteiger partial charge in [0.2, 0.25) is 0 Å². The molecule has 0 aliphatic carbocycles. The molecule has 21 heavy (non-hydrogen) atoms. The van der Waals surface area contributed by atoms with Gasteiger partial charge in [0.25, 0.3) is 0 Å². The predicted octanol–water partition coefficient (Wildman–Crippen LogP) is 4.44. The van der Waals surface area contributed by atoms with Crippen molar-refractivity contribution in [3.05, 3.63) is 63.9 Å². The summed E-state index contributed by atoms with van der Waals surface area (Å²) in [7, 11) is 1.43. The van der Waals surface area contributed by atoms with E-state index >= 15 is 0 Å². The fourth-order valence-corrected chi connectivity index (χ4v) is 2.77. The molecule has 0 fully saturated rings.